The fourth-order valence-electron chi connectivity index (χ4n) is 2.47. The van der Waals surface area contributed by atoms with Crippen molar-refractivity contribution in [1.82, 2.24) is 9.38 Å². The van der Waals surface area contributed by atoms with Crippen molar-refractivity contribution in [3.8, 4) is 10.6 Å². The van der Waals surface area contributed by atoms with Gasteiger partial charge in [-0.15, -0.1) is 11.3 Å². The molecule has 0 unspecified atom stereocenters. The van der Waals surface area contributed by atoms with E-state index in [9.17, 15) is 4.79 Å². The van der Waals surface area contributed by atoms with Crippen LogP contribution >= 0.6 is 11.3 Å². The first-order valence-electron chi connectivity index (χ1n) is 7.20. The second kappa shape index (κ2) is 5.70. The van der Waals surface area contributed by atoms with E-state index in [2.05, 4.69) is 10.3 Å². The van der Waals surface area contributed by atoms with Crippen LogP contribution in [0.3, 0.4) is 0 Å². The van der Waals surface area contributed by atoms with E-state index in [1.807, 2.05) is 64.5 Å². The first kappa shape index (κ1) is 13.7. The van der Waals surface area contributed by atoms with Crippen molar-refractivity contribution in [2.24, 2.45) is 0 Å². The molecule has 0 spiro atoms. The number of hydrogen-bond acceptors (Lipinski definition) is 3. The molecule has 1 amide bonds. The third-order valence-corrected chi connectivity index (χ3v) is 4.43. The molecule has 3 aromatic heterocycles. The Labute approximate surface area is 137 Å². The maximum absolute atomic E-state index is 12.5. The van der Waals surface area contributed by atoms with Gasteiger partial charge in [0.1, 0.15) is 17.2 Å². The number of thiophene rings is 1. The van der Waals surface area contributed by atoms with E-state index in [0.717, 1.165) is 16.2 Å². The summed E-state index contributed by atoms with van der Waals surface area (Å²) in [5.41, 5.74) is 2.21. The highest BCUT2D eigenvalue weighted by atomic mass is 32.1. The number of carbonyl (C=O) groups excluding carboxylic acids is 1. The summed E-state index contributed by atoms with van der Waals surface area (Å²) in [6.45, 7) is 0. The molecule has 3 heterocycles. The van der Waals surface area contributed by atoms with E-state index in [1.54, 1.807) is 23.5 Å². The van der Waals surface area contributed by atoms with Crippen LogP contribution in [-0.2, 0) is 0 Å². The number of imidazole rings is 1. The quantitative estimate of drug-likeness (QED) is 0.611. The van der Waals surface area contributed by atoms with Crippen molar-refractivity contribution in [2.75, 3.05) is 5.32 Å². The fraction of sp³-hybridized carbons (Fsp3) is 0. The molecular formula is C18H13N3OS. The Kier molecular flexibility index (Phi) is 3.40. The van der Waals surface area contributed by atoms with Gasteiger partial charge in [0.05, 0.1) is 4.88 Å². The van der Waals surface area contributed by atoms with Crippen LogP contribution in [-0.4, -0.2) is 15.3 Å². The van der Waals surface area contributed by atoms with E-state index >= 15 is 0 Å². The zero-order valence-corrected chi connectivity index (χ0v) is 13.0. The molecule has 0 aliphatic rings. The Balaban J connectivity index is 1.82. The predicted octanol–water partition coefficient (Wildman–Crippen LogP) is 4.32. The average Bonchev–Trinajstić information content (AvgIpc) is 3.24. The van der Waals surface area contributed by atoms with Gasteiger partial charge in [0.15, 0.2) is 0 Å². The Hall–Kier alpha value is -2.92. The Morgan fingerprint density at radius 3 is 2.61 bits per heavy atom. The Morgan fingerprint density at radius 1 is 1.00 bits per heavy atom. The molecule has 0 fully saturated rings. The highest BCUT2D eigenvalue weighted by molar-refractivity contribution is 7.13. The first-order chi connectivity index (χ1) is 11.3. The van der Waals surface area contributed by atoms with Gasteiger partial charge in [-0.25, -0.2) is 4.98 Å². The van der Waals surface area contributed by atoms with Crippen LogP contribution in [0.1, 0.15) is 10.4 Å². The van der Waals surface area contributed by atoms with Crippen LogP contribution in [0.5, 0.6) is 0 Å². The second-order valence-electron chi connectivity index (χ2n) is 5.04. The van der Waals surface area contributed by atoms with E-state index < -0.39 is 0 Å². The molecule has 0 radical (unpaired) electrons. The van der Waals surface area contributed by atoms with Crippen molar-refractivity contribution in [3.63, 3.8) is 0 Å². The molecule has 1 aromatic carbocycles. The molecule has 0 aliphatic heterocycles. The minimum absolute atomic E-state index is 0.144. The summed E-state index contributed by atoms with van der Waals surface area (Å²) < 4.78 is 1.90. The van der Waals surface area contributed by atoms with Gasteiger partial charge < -0.3 is 5.32 Å². The number of rotatable bonds is 3. The lowest BCUT2D eigenvalue weighted by molar-refractivity contribution is 0.102. The molecule has 4 aromatic rings. The number of pyridine rings is 1. The van der Waals surface area contributed by atoms with Crippen LogP contribution in [0.4, 0.5) is 5.82 Å². The molecule has 0 bridgehead atoms. The SMILES string of the molecule is O=C(Nc1c(-c2cccs2)nc2ccccn12)c1ccccc1. The van der Waals surface area contributed by atoms with Gasteiger partial charge in [-0.1, -0.05) is 30.3 Å². The number of amides is 1. The van der Waals surface area contributed by atoms with Crippen LogP contribution in [0, 0.1) is 0 Å². The molecular weight excluding hydrogens is 306 g/mol. The zero-order chi connectivity index (χ0) is 15.6. The number of aromatic nitrogens is 2. The number of hydrogen-bond donors (Lipinski definition) is 1. The van der Waals surface area contributed by atoms with E-state index in [0.29, 0.717) is 11.4 Å². The molecule has 0 aliphatic carbocycles. The molecule has 4 rings (SSSR count). The van der Waals surface area contributed by atoms with Gasteiger partial charge in [0.2, 0.25) is 0 Å². The molecule has 5 heteroatoms. The summed E-state index contributed by atoms with van der Waals surface area (Å²) in [6, 6.07) is 18.9. The summed E-state index contributed by atoms with van der Waals surface area (Å²) in [6.07, 6.45) is 1.90. The number of carbonyl (C=O) groups is 1. The van der Waals surface area contributed by atoms with Crippen molar-refractivity contribution >= 4 is 28.7 Å². The summed E-state index contributed by atoms with van der Waals surface area (Å²) in [4.78, 5) is 18.2. The van der Waals surface area contributed by atoms with Crippen molar-refractivity contribution in [3.05, 3.63) is 77.8 Å². The van der Waals surface area contributed by atoms with Crippen LogP contribution in [0.2, 0.25) is 0 Å². The number of fused-ring (bicyclic) bond motifs is 1. The Morgan fingerprint density at radius 2 is 1.83 bits per heavy atom. The standard InChI is InChI=1S/C18H13N3OS/c22-18(13-7-2-1-3-8-13)20-17-16(14-9-6-12-23-14)19-15-10-4-5-11-21(15)17/h1-12H,(H,20,22). The van der Waals surface area contributed by atoms with Gasteiger partial charge in [0.25, 0.3) is 5.91 Å². The first-order valence-corrected chi connectivity index (χ1v) is 8.08. The Bertz CT molecular complexity index is 959. The van der Waals surface area contributed by atoms with E-state index in [-0.39, 0.29) is 5.91 Å². The molecule has 112 valence electrons. The highest BCUT2D eigenvalue weighted by Gasteiger charge is 2.17. The van der Waals surface area contributed by atoms with Gasteiger partial charge in [0, 0.05) is 11.8 Å². The van der Waals surface area contributed by atoms with E-state index in [4.69, 9.17) is 0 Å². The molecule has 23 heavy (non-hydrogen) atoms. The lowest BCUT2D eigenvalue weighted by Gasteiger charge is -2.07. The number of nitrogens with one attached hydrogen (secondary N) is 1. The van der Waals surface area contributed by atoms with Crippen molar-refractivity contribution in [2.45, 2.75) is 0 Å². The normalized spacial score (nSPS) is 10.8. The topological polar surface area (TPSA) is 46.4 Å². The third kappa shape index (κ3) is 2.51. The number of nitrogens with zero attached hydrogens (tertiary/aromatic N) is 2. The lowest BCUT2D eigenvalue weighted by Crippen LogP contribution is -2.13. The van der Waals surface area contributed by atoms with Gasteiger partial charge >= 0.3 is 0 Å². The highest BCUT2D eigenvalue weighted by Crippen LogP contribution is 2.32. The van der Waals surface area contributed by atoms with Gasteiger partial charge in [-0.2, -0.15) is 0 Å². The zero-order valence-electron chi connectivity index (χ0n) is 12.1. The second-order valence-corrected chi connectivity index (χ2v) is 5.98. The average molecular weight is 319 g/mol. The van der Waals surface area contributed by atoms with Crippen LogP contribution in [0.15, 0.2) is 72.2 Å². The minimum atomic E-state index is -0.144. The largest absolute Gasteiger partial charge is 0.306 e. The number of benzene rings is 1. The maximum atomic E-state index is 12.5. The van der Waals surface area contributed by atoms with E-state index in [1.165, 1.54) is 0 Å². The minimum Gasteiger partial charge on any atom is -0.306 e. The summed E-state index contributed by atoms with van der Waals surface area (Å²) in [5, 5.41) is 5.01. The molecule has 0 atom stereocenters. The maximum Gasteiger partial charge on any atom is 0.256 e. The van der Waals surface area contributed by atoms with Crippen LogP contribution in [0.25, 0.3) is 16.2 Å². The molecule has 0 saturated heterocycles. The third-order valence-electron chi connectivity index (χ3n) is 3.55. The van der Waals surface area contributed by atoms with Crippen LogP contribution < -0.4 is 5.32 Å². The molecule has 1 N–H and O–H groups in total. The summed E-state index contributed by atoms with van der Waals surface area (Å²) >= 11 is 1.60. The van der Waals surface area contributed by atoms with Crippen molar-refractivity contribution < 1.29 is 4.79 Å². The summed E-state index contributed by atoms with van der Waals surface area (Å²) in [5.74, 6) is 0.547. The van der Waals surface area contributed by atoms with Crippen molar-refractivity contribution in [1.29, 1.82) is 0 Å². The summed E-state index contributed by atoms with van der Waals surface area (Å²) in [7, 11) is 0. The van der Waals surface area contributed by atoms with Gasteiger partial charge in [-0.05, 0) is 35.7 Å². The predicted molar refractivity (Wildman–Crippen MR) is 92.9 cm³/mol. The smallest absolute Gasteiger partial charge is 0.256 e. The monoisotopic (exact) mass is 319 g/mol. The lowest BCUT2D eigenvalue weighted by atomic mass is 10.2. The number of anilines is 1. The molecule has 0 saturated carbocycles. The molecule has 4 nitrogen and oxygen atoms in total. The van der Waals surface area contributed by atoms with Gasteiger partial charge in [-0.3, -0.25) is 9.20 Å². The fourth-order valence-corrected chi connectivity index (χ4v) is 3.18.